The minimum absolute atomic E-state index is 0.189. The number of halogens is 3. The standard InChI is InChI=1S/C27H28F3NO2/c1-17(2)13-24(26(32)33)21-14-20(18-7-9-22(10-8-18)27(28,29)30)15-23(16-21)31-12-11-19-5-3-4-6-25(19)31/h3,5,7-10,14-17,24H,4,6,11-13H2,1-2H3,(H,32,33). The lowest BCUT2D eigenvalue weighted by Gasteiger charge is -2.26. The van der Waals surface area contributed by atoms with Crippen molar-refractivity contribution < 1.29 is 23.1 Å². The van der Waals surface area contributed by atoms with Crippen LogP contribution in [0.5, 0.6) is 0 Å². The number of nitrogens with zero attached hydrogens (tertiary/aromatic N) is 1. The van der Waals surface area contributed by atoms with E-state index in [4.69, 9.17) is 0 Å². The molecule has 1 aliphatic heterocycles. The topological polar surface area (TPSA) is 40.5 Å². The largest absolute Gasteiger partial charge is 0.481 e. The number of allylic oxidation sites excluding steroid dienone is 3. The lowest BCUT2D eigenvalue weighted by Crippen LogP contribution is -2.20. The summed E-state index contributed by atoms with van der Waals surface area (Å²) in [6.45, 7) is 4.79. The first kappa shape index (κ1) is 23.1. The van der Waals surface area contributed by atoms with Crippen LogP contribution < -0.4 is 4.90 Å². The van der Waals surface area contributed by atoms with Crippen molar-refractivity contribution in [3.63, 3.8) is 0 Å². The third kappa shape index (κ3) is 5.00. The van der Waals surface area contributed by atoms with Crippen LogP contribution in [0.4, 0.5) is 18.9 Å². The molecule has 6 heteroatoms. The molecule has 3 nitrogen and oxygen atoms in total. The number of carbonyl (C=O) groups is 1. The molecule has 0 fully saturated rings. The van der Waals surface area contributed by atoms with Crippen molar-refractivity contribution in [1.82, 2.24) is 0 Å². The Labute approximate surface area is 192 Å². The number of carboxylic acids is 1. The molecule has 1 heterocycles. The Bertz CT molecular complexity index is 1100. The van der Waals surface area contributed by atoms with Gasteiger partial charge in [-0.1, -0.05) is 44.2 Å². The summed E-state index contributed by atoms with van der Waals surface area (Å²) in [5, 5.41) is 9.95. The smallest absolute Gasteiger partial charge is 0.416 e. The van der Waals surface area contributed by atoms with Gasteiger partial charge in [-0.05, 0) is 78.1 Å². The average molecular weight is 456 g/mol. The molecule has 1 aliphatic carbocycles. The summed E-state index contributed by atoms with van der Waals surface area (Å²) in [5.41, 5.74) is 4.81. The molecule has 1 unspecified atom stereocenters. The maximum Gasteiger partial charge on any atom is 0.416 e. The van der Waals surface area contributed by atoms with Crippen LogP contribution in [0.15, 0.2) is 65.9 Å². The summed E-state index contributed by atoms with van der Waals surface area (Å²) < 4.78 is 39.1. The summed E-state index contributed by atoms with van der Waals surface area (Å²) >= 11 is 0. The predicted octanol–water partition coefficient (Wildman–Crippen LogP) is 7.40. The predicted molar refractivity (Wildman–Crippen MR) is 124 cm³/mol. The number of alkyl halides is 3. The monoisotopic (exact) mass is 455 g/mol. The second-order valence-electron chi connectivity index (χ2n) is 9.22. The highest BCUT2D eigenvalue weighted by Gasteiger charge is 2.30. The molecular formula is C27H28F3NO2. The Kier molecular flexibility index (Phi) is 6.37. The van der Waals surface area contributed by atoms with Gasteiger partial charge >= 0.3 is 12.1 Å². The van der Waals surface area contributed by atoms with E-state index < -0.39 is 23.6 Å². The van der Waals surface area contributed by atoms with Crippen molar-refractivity contribution in [3.05, 3.63) is 77.0 Å². The fraction of sp³-hybridized carbons (Fsp3) is 0.370. The lowest BCUT2D eigenvalue weighted by molar-refractivity contribution is -0.139. The molecule has 33 heavy (non-hydrogen) atoms. The van der Waals surface area contributed by atoms with E-state index in [1.54, 1.807) is 0 Å². The zero-order valence-electron chi connectivity index (χ0n) is 18.8. The van der Waals surface area contributed by atoms with Crippen LogP contribution in [0.2, 0.25) is 0 Å². The highest BCUT2D eigenvalue weighted by Crippen LogP contribution is 2.39. The zero-order valence-corrected chi connectivity index (χ0v) is 18.8. The number of benzene rings is 2. The van der Waals surface area contributed by atoms with Crippen LogP contribution in [-0.2, 0) is 11.0 Å². The fourth-order valence-electron chi connectivity index (χ4n) is 4.75. The van der Waals surface area contributed by atoms with E-state index in [2.05, 4.69) is 17.1 Å². The molecule has 0 radical (unpaired) electrons. The van der Waals surface area contributed by atoms with Crippen molar-refractivity contribution in [2.24, 2.45) is 5.92 Å². The third-order valence-electron chi connectivity index (χ3n) is 6.37. The van der Waals surface area contributed by atoms with Gasteiger partial charge < -0.3 is 10.0 Å². The Morgan fingerprint density at radius 1 is 1.06 bits per heavy atom. The molecule has 0 amide bonds. The first-order chi connectivity index (χ1) is 15.6. The molecular weight excluding hydrogens is 427 g/mol. The van der Waals surface area contributed by atoms with Gasteiger partial charge in [-0.2, -0.15) is 13.2 Å². The molecule has 2 aromatic carbocycles. The molecule has 1 atom stereocenters. The van der Waals surface area contributed by atoms with Crippen molar-refractivity contribution in [1.29, 1.82) is 0 Å². The van der Waals surface area contributed by atoms with Gasteiger partial charge in [0.05, 0.1) is 11.5 Å². The summed E-state index contributed by atoms with van der Waals surface area (Å²) in [4.78, 5) is 14.4. The third-order valence-corrected chi connectivity index (χ3v) is 6.37. The molecule has 0 aromatic heterocycles. The normalized spacial score (nSPS) is 17.0. The van der Waals surface area contributed by atoms with Crippen LogP contribution >= 0.6 is 0 Å². The number of carboxylic acid groups (broad SMARTS) is 1. The molecule has 4 rings (SSSR count). The fourth-order valence-corrected chi connectivity index (χ4v) is 4.75. The summed E-state index contributed by atoms with van der Waals surface area (Å²) in [5.74, 6) is -1.38. The maximum absolute atomic E-state index is 13.0. The molecule has 0 saturated heterocycles. The van der Waals surface area contributed by atoms with Gasteiger partial charge in [0.15, 0.2) is 0 Å². The van der Waals surface area contributed by atoms with Gasteiger partial charge in [-0.25, -0.2) is 0 Å². The van der Waals surface area contributed by atoms with Gasteiger partial charge in [0, 0.05) is 17.9 Å². The van der Waals surface area contributed by atoms with Crippen LogP contribution in [0, 0.1) is 5.92 Å². The van der Waals surface area contributed by atoms with Gasteiger partial charge in [0.1, 0.15) is 0 Å². The van der Waals surface area contributed by atoms with E-state index in [1.807, 2.05) is 32.0 Å². The zero-order chi connectivity index (χ0) is 23.8. The molecule has 2 aromatic rings. The highest BCUT2D eigenvalue weighted by atomic mass is 19.4. The van der Waals surface area contributed by atoms with Gasteiger partial charge in [-0.3, -0.25) is 4.79 Å². The number of rotatable bonds is 6. The van der Waals surface area contributed by atoms with Crippen molar-refractivity contribution in [2.75, 3.05) is 11.4 Å². The minimum Gasteiger partial charge on any atom is -0.481 e. The van der Waals surface area contributed by atoms with E-state index in [0.717, 1.165) is 49.2 Å². The Morgan fingerprint density at radius 3 is 2.42 bits per heavy atom. The first-order valence-corrected chi connectivity index (χ1v) is 11.3. The number of hydrogen-bond acceptors (Lipinski definition) is 2. The van der Waals surface area contributed by atoms with E-state index in [-0.39, 0.29) is 5.92 Å². The van der Waals surface area contributed by atoms with E-state index in [0.29, 0.717) is 17.5 Å². The van der Waals surface area contributed by atoms with Crippen LogP contribution in [-0.4, -0.2) is 17.6 Å². The Balaban J connectivity index is 1.81. The summed E-state index contributed by atoms with van der Waals surface area (Å²) in [6, 6.07) is 10.8. The van der Waals surface area contributed by atoms with Crippen LogP contribution in [0.3, 0.4) is 0 Å². The van der Waals surface area contributed by atoms with Crippen molar-refractivity contribution in [3.8, 4) is 11.1 Å². The number of anilines is 1. The summed E-state index contributed by atoms with van der Waals surface area (Å²) in [6.07, 6.45) is 3.26. The first-order valence-electron chi connectivity index (χ1n) is 11.3. The molecule has 0 saturated carbocycles. The SMILES string of the molecule is CC(C)CC(C(=O)O)c1cc(-c2ccc(C(F)(F)F)cc2)cc(N2CCC3=C2CCC=C3)c1. The maximum atomic E-state index is 13.0. The van der Waals surface area contributed by atoms with E-state index >= 15 is 0 Å². The van der Waals surface area contributed by atoms with Crippen molar-refractivity contribution >= 4 is 11.7 Å². The average Bonchev–Trinajstić information content (AvgIpc) is 3.20. The molecule has 174 valence electrons. The van der Waals surface area contributed by atoms with Gasteiger partial charge in [0.25, 0.3) is 0 Å². The van der Waals surface area contributed by atoms with E-state index in [1.165, 1.54) is 23.4 Å². The summed E-state index contributed by atoms with van der Waals surface area (Å²) in [7, 11) is 0. The molecule has 1 N–H and O–H groups in total. The highest BCUT2D eigenvalue weighted by molar-refractivity contribution is 5.80. The molecule has 0 spiro atoms. The van der Waals surface area contributed by atoms with Crippen molar-refractivity contribution in [2.45, 2.75) is 51.6 Å². The number of hydrogen-bond donors (Lipinski definition) is 1. The molecule has 2 aliphatic rings. The molecule has 0 bridgehead atoms. The lowest BCUT2D eigenvalue weighted by atomic mass is 9.88. The van der Waals surface area contributed by atoms with Gasteiger partial charge in [0.2, 0.25) is 0 Å². The second-order valence-corrected chi connectivity index (χ2v) is 9.22. The second kappa shape index (κ2) is 9.08. The Hall–Kier alpha value is -3.02. The van der Waals surface area contributed by atoms with Gasteiger partial charge in [-0.15, -0.1) is 0 Å². The van der Waals surface area contributed by atoms with Crippen LogP contribution in [0.25, 0.3) is 11.1 Å². The Morgan fingerprint density at radius 2 is 1.79 bits per heavy atom. The number of aliphatic carboxylic acids is 1. The quantitative estimate of drug-likeness (QED) is 0.493. The minimum atomic E-state index is -4.40. The van der Waals surface area contributed by atoms with E-state index in [9.17, 15) is 23.1 Å². The van der Waals surface area contributed by atoms with Crippen LogP contribution in [0.1, 0.15) is 56.6 Å².